The van der Waals surface area contributed by atoms with Crippen molar-refractivity contribution >= 4 is 27.3 Å². The Labute approximate surface area is 119 Å². The van der Waals surface area contributed by atoms with Gasteiger partial charge in [-0.1, -0.05) is 6.07 Å². The van der Waals surface area contributed by atoms with E-state index in [9.17, 15) is 5.11 Å². The van der Waals surface area contributed by atoms with E-state index in [1.165, 1.54) is 4.88 Å². The molecule has 1 aromatic carbocycles. The summed E-state index contributed by atoms with van der Waals surface area (Å²) < 4.78 is 6.88. The molecule has 0 aliphatic rings. The zero-order valence-corrected chi connectivity index (χ0v) is 12.7. The van der Waals surface area contributed by atoms with Crippen LogP contribution in [-0.2, 0) is 6.61 Å². The van der Waals surface area contributed by atoms with Gasteiger partial charge in [0.2, 0.25) is 0 Å². The van der Waals surface area contributed by atoms with E-state index in [4.69, 9.17) is 4.74 Å². The molecule has 0 bridgehead atoms. The number of aliphatic hydroxyl groups excluding tert-OH is 1. The SMILES string of the molecule is Cc1cc([C@H](C)O)ccc1OCc1sccc1Br. The molecule has 0 saturated carbocycles. The summed E-state index contributed by atoms with van der Waals surface area (Å²) >= 11 is 5.16. The van der Waals surface area contributed by atoms with Gasteiger partial charge in [-0.3, -0.25) is 0 Å². The van der Waals surface area contributed by atoms with E-state index >= 15 is 0 Å². The minimum absolute atomic E-state index is 0.441. The van der Waals surface area contributed by atoms with Gasteiger partial charge in [0.05, 0.1) is 11.0 Å². The molecule has 0 amide bonds. The molecule has 0 aliphatic carbocycles. The quantitative estimate of drug-likeness (QED) is 0.899. The third kappa shape index (κ3) is 3.13. The first-order valence-electron chi connectivity index (χ1n) is 5.71. The first-order chi connectivity index (χ1) is 8.58. The van der Waals surface area contributed by atoms with Gasteiger partial charge in [0.15, 0.2) is 0 Å². The number of aliphatic hydroxyl groups is 1. The molecule has 2 aromatic rings. The van der Waals surface area contributed by atoms with E-state index in [-0.39, 0.29) is 0 Å². The monoisotopic (exact) mass is 326 g/mol. The normalized spacial score (nSPS) is 12.4. The molecule has 18 heavy (non-hydrogen) atoms. The summed E-state index contributed by atoms with van der Waals surface area (Å²) in [7, 11) is 0. The van der Waals surface area contributed by atoms with Crippen LogP contribution in [0.2, 0.25) is 0 Å². The summed E-state index contributed by atoms with van der Waals surface area (Å²) in [5.74, 6) is 0.861. The molecular weight excluding hydrogens is 312 g/mol. The van der Waals surface area contributed by atoms with Crippen LogP contribution in [0.1, 0.15) is 29.0 Å². The van der Waals surface area contributed by atoms with Crippen LogP contribution in [0, 0.1) is 6.92 Å². The Morgan fingerprint density at radius 3 is 2.72 bits per heavy atom. The number of thiophene rings is 1. The molecule has 0 fully saturated rings. The lowest BCUT2D eigenvalue weighted by atomic mass is 10.1. The Balaban J connectivity index is 2.08. The maximum absolute atomic E-state index is 9.51. The largest absolute Gasteiger partial charge is 0.488 e. The van der Waals surface area contributed by atoms with E-state index in [2.05, 4.69) is 15.9 Å². The van der Waals surface area contributed by atoms with Crippen molar-refractivity contribution in [1.29, 1.82) is 0 Å². The molecule has 2 nitrogen and oxygen atoms in total. The fourth-order valence-corrected chi connectivity index (χ4v) is 3.04. The summed E-state index contributed by atoms with van der Waals surface area (Å²) in [5.41, 5.74) is 1.96. The second-order valence-corrected chi connectivity index (χ2v) is 6.04. The summed E-state index contributed by atoms with van der Waals surface area (Å²) in [6, 6.07) is 7.80. The lowest BCUT2D eigenvalue weighted by molar-refractivity contribution is 0.199. The highest BCUT2D eigenvalue weighted by molar-refractivity contribution is 9.10. The van der Waals surface area contributed by atoms with Gasteiger partial charge in [-0.2, -0.15) is 0 Å². The van der Waals surface area contributed by atoms with Crippen LogP contribution < -0.4 is 4.74 Å². The molecule has 0 radical (unpaired) electrons. The predicted molar refractivity (Wildman–Crippen MR) is 78.2 cm³/mol. The lowest BCUT2D eigenvalue weighted by Crippen LogP contribution is -1.98. The molecule has 0 spiro atoms. The fraction of sp³-hybridized carbons (Fsp3) is 0.286. The van der Waals surface area contributed by atoms with Crippen LogP contribution in [-0.4, -0.2) is 5.11 Å². The highest BCUT2D eigenvalue weighted by atomic mass is 79.9. The number of hydrogen-bond acceptors (Lipinski definition) is 3. The van der Waals surface area contributed by atoms with Crippen LogP contribution in [0.4, 0.5) is 0 Å². The van der Waals surface area contributed by atoms with Crippen LogP contribution >= 0.6 is 27.3 Å². The van der Waals surface area contributed by atoms with Gasteiger partial charge in [-0.05, 0) is 64.5 Å². The van der Waals surface area contributed by atoms with Gasteiger partial charge < -0.3 is 9.84 Å². The second-order valence-electron chi connectivity index (χ2n) is 4.18. The van der Waals surface area contributed by atoms with E-state index in [0.717, 1.165) is 21.3 Å². The molecule has 96 valence electrons. The average molecular weight is 327 g/mol. The topological polar surface area (TPSA) is 29.5 Å². The zero-order valence-electron chi connectivity index (χ0n) is 10.3. The first-order valence-corrected chi connectivity index (χ1v) is 7.38. The molecule has 1 heterocycles. The summed E-state index contributed by atoms with van der Waals surface area (Å²) in [4.78, 5) is 1.18. The Morgan fingerprint density at radius 1 is 1.39 bits per heavy atom. The Kier molecular flexibility index (Phi) is 4.43. The summed E-state index contributed by atoms with van der Waals surface area (Å²) in [6.07, 6.45) is -0.441. The van der Waals surface area contributed by atoms with Gasteiger partial charge >= 0.3 is 0 Å². The first kappa shape index (κ1) is 13.6. The van der Waals surface area contributed by atoms with Crippen LogP contribution in [0.3, 0.4) is 0 Å². The van der Waals surface area contributed by atoms with E-state index in [1.54, 1.807) is 18.3 Å². The summed E-state index contributed by atoms with van der Waals surface area (Å²) in [6.45, 7) is 4.32. The van der Waals surface area contributed by atoms with Crippen LogP contribution in [0.15, 0.2) is 34.1 Å². The molecule has 1 N–H and O–H groups in total. The second kappa shape index (κ2) is 5.87. The van der Waals surface area contributed by atoms with Crippen molar-refractivity contribution in [3.63, 3.8) is 0 Å². The van der Waals surface area contributed by atoms with Gasteiger partial charge in [-0.15, -0.1) is 11.3 Å². The highest BCUT2D eigenvalue weighted by Crippen LogP contribution is 2.27. The number of benzene rings is 1. The Hall–Kier alpha value is -0.840. The maximum Gasteiger partial charge on any atom is 0.124 e. The minimum Gasteiger partial charge on any atom is -0.488 e. The lowest BCUT2D eigenvalue weighted by Gasteiger charge is -2.11. The Morgan fingerprint density at radius 2 is 2.17 bits per heavy atom. The highest BCUT2D eigenvalue weighted by Gasteiger charge is 2.07. The van der Waals surface area contributed by atoms with Gasteiger partial charge in [-0.25, -0.2) is 0 Å². The predicted octanol–water partition coefficient (Wildman–Crippen LogP) is 4.45. The molecule has 0 unspecified atom stereocenters. The Bertz CT molecular complexity index is 534. The van der Waals surface area contributed by atoms with Crippen LogP contribution in [0.25, 0.3) is 0 Å². The van der Waals surface area contributed by atoms with Crippen molar-refractivity contribution in [2.24, 2.45) is 0 Å². The zero-order chi connectivity index (χ0) is 13.1. The van der Waals surface area contributed by atoms with Crippen molar-refractivity contribution in [3.8, 4) is 5.75 Å². The molecule has 0 saturated heterocycles. The molecule has 1 aromatic heterocycles. The van der Waals surface area contributed by atoms with E-state index in [1.807, 2.05) is 36.6 Å². The van der Waals surface area contributed by atoms with Gasteiger partial charge in [0.25, 0.3) is 0 Å². The van der Waals surface area contributed by atoms with E-state index in [0.29, 0.717) is 6.61 Å². The number of aryl methyl sites for hydroxylation is 1. The van der Waals surface area contributed by atoms with Crippen molar-refractivity contribution in [2.75, 3.05) is 0 Å². The molecule has 4 heteroatoms. The third-order valence-corrected chi connectivity index (χ3v) is 4.63. The van der Waals surface area contributed by atoms with Gasteiger partial charge in [0, 0.05) is 4.47 Å². The smallest absolute Gasteiger partial charge is 0.124 e. The number of hydrogen-bond donors (Lipinski definition) is 1. The van der Waals surface area contributed by atoms with Crippen molar-refractivity contribution in [2.45, 2.75) is 26.6 Å². The van der Waals surface area contributed by atoms with Crippen molar-refractivity contribution < 1.29 is 9.84 Å². The third-order valence-electron chi connectivity index (χ3n) is 2.73. The number of rotatable bonds is 4. The molecular formula is C14H15BrO2S. The summed E-state index contributed by atoms with van der Waals surface area (Å²) in [5, 5.41) is 11.5. The maximum atomic E-state index is 9.51. The van der Waals surface area contributed by atoms with E-state index < -0.39 is 6.10 Å². The molecule has 2 rings (SSSR count). The fourth-order valence-electron chi connectivity index (χ4n) is 1.67. The number of halogens is 1. The van der Waals surface area contributed by atoms with Crippen LogP contribution in [0.5, 0.6) is 5.75 Å². The number of ether oxygens (including phenoxy) is 1. The average Bonchev–Trinajstić information content (AvgIpc) is 2.73. The molecule has 0 aliphatic heterocycles. The minimum atomic E-state index is -0.441. The molecule has 1 atom stereocenters. The van der Waals surface area contributed by atoms with Crippen molar-refractivity contribution in [1.82, 2.24) is 0 Å². The van der Waals surface area contributed by atoms with Crippen molar-refractivity contribution in [3.05, 3.63) is 50.1 Å². The van der Waals surface area contributed by atoms with Gasteiger partial charge in [0.1, 0.15) is 12.4 Å². The standard InChI is InChI=1S/C14H15BrO2S/c1-9-7-11(10(2)16)3-4-13(9)17-8-14-12(15)5-6-18-14/h3-7,10,16H,8H2,1-2H3/t10-/m0/s1.